The molecular weight excluding hydrogens is 252 g/mol. The number of methoxy groups -OCH3 is 1. The standard InChI is InChI=1S/C11H12N4O2S/c1-17-9-4-2-8(3-5-9)10(16)6-18-11-14-13-7-15(11)12/h2-5,7H,6,12H2,1H3. The van der Waals surface area contributed by atoms with Gasteiger partial charge in [-0.2, -0.15) is 0 Å². The summed E-state index contributed by atoms with van der Waals surface area (Å²) in [5, 5.41) is 7.93. The van der Waals surface area contributed by atoms with Gasteiger partial charge in [0.2, 0.25) is 5.16 Å². The molecule has 0 radical (unpaired) electrons. The number of ether oxygens (including phenoxy) is 1. The summed E-state index contributed by atoms with van der Waals surface area (Å²) in [6, 6.07) is 6.97. The average Bonchev–Trinajstić information content (AvgIpc) is 2.81. The average molecular weight is 264 g/mol. The molecule has 7 heteroatoms. The van der Waals surface area contributed by atoms with Gasteiger partial charge in [0, 0.05) is 5.56 Å². The number of nitrogens with two attached hydrogens (primary N) is 1. The van der Waals surface area contributed by atoms with Gasteiger partial charge < -0.3 is 10.6 Å². The molecule has 0 aliphatic heterocycles. The zero-order valence-corrected chi connectivity index (χ0v) is 10.6. The van der Waals surface area contributed by atoms with Gasteiger partial charge in [-0.25, -0.2) is 4.68 Å². The van der Waals surface area contributed by atoms with E-state index in [0.29, 0.717) is 10.7 Å². The van der Waals surface area contributed by atoms with Crippen LogP contribution in [0.3, 0.4) is 0 Å². The molecule has 0 saturated heterocycles. The Hall–Kier alpha value is -2.02. The third kappa shape index (κ3) is 2.80. The number of nitrogens with zero attached hydrogens (tertiary/aromatic N) is 3. The topological polar surface area (TPSA) is 83.0 Å². The lowest BCUT2D eigenvalue weighted by Gasteiger charge is -2.02. The highest BCUT2D eigenvalue weighted by molar-refractivity contribution is 7.99. The predicted molar refractivity (Wildman–Crippen MR) is 68.2 cm³/mol. The van der Waals surface area contributed by atoms with Gasteiger partial charge in [-0.15, -0.1) is 10.2 Å². The molecule has 0 atom stereocenters. The van der Waals surface area contributed by atoms with Crippen molar-refractivity contribution in [3.05, 3.63) is 36.2 Å². The summed E-state index contributed by atoms with van der Waals surface area (Å²) >= 11 is 1.25. The van der Waals surface area contributed by atoms with Crippen molar-refractivity contribution in [1.29, 1.82) is 0 Å². The quantitative estimate of drug-likeness (QED) is 0.492. The third-order valence-electron chi connectivity index (χ3n) is 2.28. The lowest BCUT2D eigenvalue weighted by molar-refractivity contribution is 0.102. The van der Waals surface area contributed by atoms with Gasteiger partial charge in [-0.1, -0.05) is 11.8 Å². The second-order valence-electron chi connectivity index (χ2n) is 3.46. The van der Waals surface area contributed by atoms with Gasteiger partial charge in [0.05, 0.1) is 12.9 Å². The van der Waals surface area contributed by atoms with E-state index < -0.39 is 0 Å². The van der Waals surface area contributed by atoms with Crippen LogP contribution in [0.1, 0.15) is 10.4 Å². The summed E-state index contributed by atoms with van der Waals surface area (Å²) in [6.45, 7) is 0. The van der Waals surface area contributed by atoms with Crippen molar-refractivity contribution in [2.75, 3.05) is 18.7 Å². The van der Waals surface area contributed by atoms with Crippen molar-refractivity contribution < 1.29 is 9.53 Å². The van der Waals surface area contributed by atoms with Gasteiger partial charge in [-0.05, 0) is 24.3 Å². The van der Waals surface area contributed by atoms with Gasteiger partial charge in [0.1, 0.15) is 12.1 Å². The molecule has 0 spiro atoms. The molecule has 1 heterocycles. The van der Waals surface area contributed by atoms with Gasteiger partial charge in [0.15, 0.2) is 5.78 Å². The minimum Gasteiger partial charge on any atom is -0.497 e. The van der Waals surface area contributed by atoms with E-state index in [9.17, 15) is 4.79 Å². The molecular formula is C11H12N4O2S. The fraction of sp³-hybridized carbons (Fsp3) is 0.182. The number of hydrogen-bond acceptors (Lipinski definition) is 6. The molecule has 0 bridgehead atoms. The number of carbonyl (C=O) groups is 1. The van der Waals surface area contributed by atoms with Crippen molar-refractivity contribution in [2.24, 2.45) is 0 Å². The third-order valence-corrected chi connectivity index (χ3v) is 3.24. The molecule has 1 aromatic heterocycles. The van der Waals surface area contributed by atoms with E-state index >= 15 is 0 Å². The van der Waals surface area contributed by atoms with E-state index in [0.717, 1.165) is 5.75 Å². The maximum atomic E-state index is 11.9. The molecule has 2 N–H and O–H groups in total. The summed E-state index contributed by atoms with van der Waals surface area (Å²) in [5.41, 5.74) is 0.631. The smallest absolute Gasteiger partial charge is 0.209 e. The normalized spacial score (nSPS) is 10.3. The van der Waals surface area contributed by atoms with Crippen LogP contribution in [0.15, 0.2) is 35.7 Å². The highest BCUT2D eigenvalue weighted by atomic mass is 32.2. The van der Waals surface area contributed by atoms with Crippen LogP contribution in [0.2, 0.25) is 0 Å². The number of ketones is 1. The Morgan fingerprint density at radius 3 is 2.72 bits per heavy atom. The monoisotopic (exact) mass is 264 g/mol. The molecule has 18 heavy (non-hydrogen) atoms. The molecule has 2 aromatic rings. The number of benzene rings is 1. The summed E-state index contributed by atoms with van der Waals surface area (Å²) in [7, 11) is 1.58. The van der Waals surface area contributed by atoms with E-state index in [4.69, 9.17) is 10.6 Å². The van der Waals surface area contributed by atoms with Crippen LogP contribution in [-0.4, -0.2) is 33.5 Å². The fourth-order valence-corrected chi connectivity index (χ4v) is 2.05. The SMILES string of the molecule is COc1ccc(C(=O)CSc2nncn2N)cc1. The summed E-state index contributed by atoms with van der Waals surface area (Å²) < 4.78 is 6.31. The molecule has 1 aromatic carbocycles. The Labute approximate surface area is 108 Å². The summed E-state index contributed by atoms with van der Waals surface area (Å²) in [6.07, 6.45) is 1.39. The van der Waals surface area contributed by atoms with E-state index in [1.165, 1.54) is 22.8 Å². The first-order chi connectivity index (χ1) is 8.70. The number of nitrogen functional groups attached to an aromatic ring is 1. The molecule has 6 nitrogen and oxygen atoms in total. The first-order valence-electron chi connectivity index (χ1n) is 5.16. The van der Waals surface area contributed by atoms with Gasteiger partial charge in [0.25, 0.3) is 0 Å². The zero-order chi connectivity index (χ0) is 13.0. The van der Waals surface area contributed by atoms with E-state index in [1.54, 1.807) is 31.4 Å². The maximum Gasteiger partial charge on any atom is 0.209 e. The van der Waals surface area contributed by atoms with Crippen molar-refractivity contribution in [3.63, 3.8) is 0 Å². The molecule has 0 unspecified atom stereocenters. The number of thioether (sulfide) groups is 1. The number of rotatable bonds is 5. The molecule has 0 saturated carbocycles. The molecule has 2 rings (SSSR count). The lowest BCUT2D eigenvalue weighted by Crippen LogP contribution is -2.09. The van der Waals surface area contributed by atoms with Crippen LogP contribution in [0, 0.1) is 0 Å². The zero-order valence-electron chi connectivity index (χ0n) is 9.74. The first-order valence-corrected chi connectivity index (χ1v) is 6.14. The first kappa shape index (κ1) is 12.4. The minimum atomic E-state index is 0.00523. The van der Waals surface area contributed by atoms with Crippen LogP contribution in [0.5, 0.6) is 5.75 Å². The van der Waals surface area contributed by atoms with Crippen molar-refractivity contribution in [3.8, 4) is 5.75 Å². The molecule has 0 aliphatic carbocycles. The Morgan fingerprint density at radius 2 is 2.17 bits per heavy atom. The Morgan fingerprint density at radius 1 is 1.44 bits per heavy atom. The van der Waals surface area contributed by atoms with Crippen molar-refractivity contribution in [1.82, 2.24) is 14.9 Å². The van der Waals surface area contributed by atoms with Crippen LogP contribution < -0.4 is 10.6 Å². The molecule has 94 valence electrons. The molecule has 0 amide bonds. The van der Waals surface area contributed by atoms with Crippen molar-refractivity contribution in [2.45, 2.75) is 5.16 Å². The van der Waals surface area contributed by atoms with E-state index in [2.05, 4.69) is 10.2 Å². The summed E-state index contributed by atoms with van der Waals surface area (Å²) in [5.74, 6) is 6.54. The number of carbonyl (C=O) groups excluding carboxylic acids is 1. The molecule has 0 fully saturated rings. The maximum absolute atomic E-state index is 11.9. The van der Waals surface area contributed by atoms with Gasteiger partial charge in [-0.3, -0.25) is 4.79 Å². The van der Waals surface area contributed by atoms with Crippen LogP contribution in [0.4, 0.5) is 0 Å². The minimum absolute atomic E-state index is 0.00523. The van der Waals surface area contributed by atoms with E-state index in [-0.39, 0.29) is 11.5 Å². The van der Waals surface area contributed by atoms with E-state index in [1.807, 2.05) is 0 Å². The Balaban J connectivity index is 1.97. The molecule has 0 aliphatic rings. The van der Waals surface area contributed by atoms with Crippen molar-refractivity contribution >= 4 is 17.5 Å². The lowest BCUT2D eigenvalue weighted by atomic mass is 10.1. The number of hydrogen-bond donors (Lipinski definition) is 1. The summed E-state index contributed by atoms with van der Waals surface area (Å²) in [4.78, 5) is 11.9. The highest BCUT2D eigenvalue weighted by Crippen LogP contribution is 2.17. The Kier molecular flexibility index (Phi) is 3.83. The van der Waals surface area contributed by atoms with Gasteiger partial charge >= 0.3 is 0 Å². The Bertz CT molecular complexity index is 538. The van der Waals surface area contributed by atoms with Crippen LogP contribution in [0.25, 0.3) is 0 Å². The second kappa shape index (κ2) is 5.54. The second-order valence-corrected chi connectivity index (χ2v) is 4.40. The predicted octanol–water partition coefficient (Wildman–Crippen LogP) is 0.976. The largest absolute Gasteiger partial charge is 0.497 e. The highest BCUT2D eigenvalue weighted by Gasteiger charge is 2.09. The van der Waals surface area contributed by atoms with Crippen LogP contribution in [-0.2, 0) is 0 Å². The van der Waals surface area contributed by atoms with Crippen LogP contribution >= 0.6 is 11.8 Å². The fourth-order valence-electron chi connectivity index (χ4n) is 1.33. The number of aromatic nitrogens is 3. The number of Topliss-reactive ketones (excluding diaryl/α,β-unsaturated/α-hetero) is 1.